The number of nitrogens with zero attached hydrogens (tertiary/aromatic N) is 5. The minimum atomic E-state index is -0.374. The normalized spacial score (nSPS) is 23.3. The van der Waals surface area contributed by atoms with Crippen molar-refractivity contribution in [2.45, 2.75) is 32.0 Å². The predicted molar refractivity (Wildman–Crippen MR) is 92.1 cm³/mol. The number of nitrogens with one attached hydrogen (secondary N) is 1. The van der Waals surface area contributed by atoms with Crippen molar-refractivity contribution in [2.24, 2.45) is 5.92 Å². The molecule has 0 spiro atoms. The molecular weight excluding hydrogens is 356 g/mol. The molecule has 5 heterocycles. The number of amides is 2. The lowest BCUT2D eigenvalue weighted by molar-refractivity contribution is -0.140. The average Bonchev–Trinajstić information content (AvgIpc) is 3.25. The van der Waals surface area contributed by atoms with E-state index in [-0.39, 0.29) is 29.6 Å². The lowest BCUT2D eigenvalue weighted by Crippen LogP contribution is -2.47. The highest BCUT2D eigenvalue weighted by Gasteiger charge is 2.41. The predicted octanol–water partition coefficient (Wildman–Crippen LogP) is 0.509. The van der Waals surface area contributed by atoms with E-state index in [2.05, 4.69) is 25.3 Å². The minimum absolute atomic E-state index is 0.0197. The van der Waals surface area contributed by atoms with Crippen LogP contribution in [0.1, 0.15) is 35.0 Å². The molecule has 2 atom stereocenters. The molecule has 138 valence electrons. The lowest BCUT2D eigenvalue weighted by Gasteiger charge is -2.35. The van der Waals surface area contributed by atoms with Crippen LogP contribution in [-0.4, -0.2) is 62.9 Å². The van der Waals surface area contributed by atoms with Crippen molar-refractivity contribution in [3.8, 4) is 0 Å². The maximum atomic E-state index is 12.8. The number of hydrogen-bond donors (Lipinski definition) is 1. The summed E-state index contributed by atoms with van der Waals surface area (Å²) in [5.74, 6) is 0.229. The zero-order valence-corrected chi connectivity index (χ0v) is 15.2. The standard InChI is InChI=1S/C16H20N6O3S/c1-17-15(23)14-19-13(25-20-14)7-21-4-10-2-3-12(6-21)22(16(10)24)5-11-8-26-9-18-11/h8-10,12H,2-7H2,1H3,(H,17,23)/t10-,12+/m1/s1. The van der Waals surface area contributed by atoms with E-state index in [4.69, 9.17) is 4.52 Å². The third-order valence-electron chi connectivity index (χ3n) is 4.94. The van der Waals surface area contributed by atoms with Crippen LogP contribution in [0.2, 0.25) is 0 Å². The van der Waals surface area contributed by atoms with Crippen LogP contribution in [0.15, 0.2) is 15.4 Å². The van der Waals surface area contributed by atoms with E-state index in [1.54, 1.807) is 16.8 Å². The van der Waals surface area contributed by atoms with Gasteiger partial charge in [0, 0.05) is 31.6 Å². The SMILES string of the molecule is CNC(=O)c1noc(CN2C[C@H]3CC[C@@H](C2)N(Cc2cscn2)C3=O)n1. The lowest BCUT2D eigenvalue weighted by atomic mass is 9.94. The Hall–Kier alpha value is -2.33. The molecule has 2 amide bonds. The van der Waals surface area contributed by atoms with E-state index in [1.807, 2.05) is 10.3 Å². The third-order valence-corrected chi connectivity index (χ3v) is 5.58. The average molecular weight is 376 g/mol. The fourth-order valence-corrected chi connectivity index (χ4v) is 4.22. The topological polar surface area (TPSA) is 104 Å². The fraction of sp³-hybridized carbons (Fsp3) is 0.562. The zero-order chi connectivity index (χ0) is 18.1. The monoisotopic (exact) mass is 376 g/mol. The number of thiazole rings is 1. The van der Waals surface area contributed by atoms with Crippen molar-refractivity contribution in [1.82, 2.24) is 30.2 Å². The fourth-order valence-electron chi connectivity index (χ4n) is 3.67. The molecule has 0 aliphatic carbocycles. The van der Waals surface area contributed by atoms with Crippen molar-refractivity contribution in [2.75, 3.05) is 20.1 Å². The largest absolute Gasteiger partial charge is 0.352 e. The number of piperidine rings is 1. The molecule has 5 rings (SSSR count). The second kappa shape index (κ2) is 7.12. The van der Waals surface area contributed by atoms with Crippen molar-refractivity contribution < 1.29 is 14.1 Å². The summed E-state index contributed by atoms with van der Waals surface area (Å²) in [6, 6.07) is 0.157. The Morgan fingerprint density at radius 1 is 1.38 bits per heavy atom. The van der Waals surface area contributed by atoms with Gasteiger partial charge < -0.3 is 14.7 Å². The molecule has 2 bridgehead atoms. The van der Waals surface area contributed by atoms with Crippen LogP contribution in [0.4, 0.5) is 0 Å². The Bertz CT molecular complexity index is 792. The van der Waals surface area contributed by atoms with Gasteiger partial charge in [0.1, 0.15) is 0 Å². The summed E-state index contributed by atoms with van der Waals surface area (Å²) >= 11 is 1.54. The van der Waals surface area contributed by atoms with E-state index >= 15 is 0 Å². The molecule has 26 heavy (non-hydrogen) atoms. The smallest absolute Gasteiger partial charge is 0.292 e. The van der Waals surface area contributed by atoms with Gasteiger partial charge in [0.05, 0.1) is 30.2 Å². The van der Waals surface area contributed by atoms with Crippen LogP contribution < -0.4 is 5.32 Å². The van der Waals surface area contributed by atoms with Crippen LogP contribution in [0, 0.1) is 5.92 Å². The zero-order valence-electron chi connectivity index (χ0n) is 14.4. The molecule has 3 aliphatic heterocycles. The van der Waals surface area contributed by atoms with Gasteiger partial charge in [-0.1, -0.05) is 5.16 Å². The Labute approximate surface area is 154 Å². The number of hydrogen-bond acceptors (Lipinski definition) is 8. The van der Waals surface area contributed by atoms with E-state index in [1.165, 1.54) is 7.05 Å². The minimum Gasteiger partial charge on any atom is -0.352 e. The Balaban J connectivity index is 1.46. The van der Waals surface area contributed by atoms with Crippen LogP contribution in [0.25, 0.3) is 0 Å². The number of carbonyl (C=O) groups is 2. The molecule has 3 saturated heterocycles. The summed E-state index contributed by atoms with van der Waals surface area (Å²) in [5.41, 5.74) is 2.73. The molecule has 9 nitrogen and oxygen atoms in total. The number of carbonyl (C=O) groups excluding carboxylic acids is 2. The molecule has 3 aliphatic rings. The number of rotatable bonds is 5. The molecule has 0 saturated carbocycles. The van der Waals surface area contributed by atoms with Gasteiger partial charge in [-0.3, -0.25) is 14.5 Å². The molecule has 0 aromatic carbocycles. The van der Waals surface area contributed by atoms with Gasteiger partial charge in [-0.2, -0.15) is 4.98 Å². The number of fused-ring (bicyclic) bond motifs is 4. The van der Waals surface area contributed by atoms with Crippen molar-refractivity contribution >= 4 is 23.2 Å². The van der Waals surface area contributed by atoms with Crippen LogP contribution in [0.5, 0.6) is 0 Å². The summed E-state index contributed by atoms with van der Waals surface area (Å²) < 4.78 is 5.19. The van der Waals surface area contributed by atoms with E-state index in [0.29, 0.717) is 25.5 Å². The molecular formula is C16H20N6O3S. The quantitative estimate of drug-likeness (QED) is 0.811. The van der Waals surface area contributed by atoms with Gasteiger partial charge in [-0.15, -0.1) is 11.3 Å². The summed E-state index contributed by atoms with van der Waals surface area (Å²) in [4.78, 5) is 37.0. The van der Waals surface area contributed by atoms with Gasteiger partial charge >= 0.3 is 0 Å². The van der Waals surface area contributed by atoms with Crippen molar-refractivity contribution in [1.29, 1.82) is 0 Å². The van der Waals surface area contributed by atoms with Gasteiger partial charge in [0.15, 0.2) is 0 Å². The first-order valence-corrected chi connectivity index (χ1v) is 9.53. The van der Waals surface area contributed by atoms with E-state index in [0.717, 1.165) is 25.1 Å². The Kier molecular flexibility index (Phi) is 4.68. The third kappa shape index (κ3) is 3.34. The van der Waals surface area contributed by atoms with Crippen molar-refractivity contribution in [3.63, 3.8) is 0 Å². The summed E-state index contributed by atoms with van der Waals surface area (Å²) in [5, 5.41) is 8.16. The first-order chi connectivity index (χ1) is 12.6. The maximum absolute atomic E-state index is 12.8. The summed E-state index contributed by atoms with van der Waals surface area (Å²) in [7, 11) is 1.52. The van der Waals surface area contributed by atoms with E-state index in [9.17, 15) is 9.59 Å². The maximum Gasteiger partial charge on any atom is 0.292 e. The van der Waals surface area contributed by atoms with Crippen LogP contribution >= 0.6 is 11.3 Å². The highest BCUT2D eigenvalue weighted by Crippen LogP contribution is 2.31. The molecule has 0 unspecified atom stereocenters. The molecule has 3 fully saturated rings. The van der Waals surface area contributed by atoms with Crippen LogP contribution in [-0.2, 0) is 17.9 Å². The Morgan fingerprint density at radius 3 is 3.04 bits per heavy atom. The van der Waals surface area contributed by atoms with E-state index < -0.39 is 0 Å². The van der Waals surface area contributed by atoms with Crippen molar-refractivity contribution in [3.05, 3.63) is 28.3 Å². The highest BCUT2D eigenvalue weighted by molar-refractivity contribution is 7.07. The van der Waals surface area contributed by atoms with Gasteiger partial charge in [-0.25, -0.2) is 4.98 Å². The first kappa shape index (κ1) is 17.1. The molecule has 1 N–H and O–H groups in total. The second-order valence-corrected chi connectivity index (χ2v) is 7.38. The molecule has 10 heteroatoms. The van der Waals surface area contributed by atoms with Crippen LogP contribution in [0.3, 0.4) is 0 Å². The molecule has 2 aromatic rings. The highest BCUT2D eigenvalue weighted by atomic mass is 32.1. The first-order valence-electron chi connectivity index (χ1n) is 8.58. The summed E-state index contributed by atoms with van der Waals surface area (Å²) in [6.07, 6.45) is 1.89. The van der Waals surface area contributed by atoms with Gasteiger partial charge in [-0.05, 0) is 12.8 Å². The Morgan fingerprint density at radius 2 is 2.27 bits per heavy atom. The van der Waals surface area contributed by atoms with Gasteiger partial charge in [0.25, 0.3) is 11.7 Å². The molecule has 0 radical (unpaired) electrons. The summed E-state index contributed by atoms with van der Waals surface area (Å²) in [6.45, 7) is 2.43. The van der Waals surface area contributed by atoms with Gasteiger partial charge in [0.2, 0.25) is 11.8 Å². The molecule has 2 aromatic heterocycles. The number of aromatic nitrogens is 3. The second-order valence-electron chi connectivity index (χ2n) is 6.66.